The van der Waals surface area contributed by atoms with Crippen molar-refractivity contribution in [3.05, 3.63) is 107 Å². The summed E-state index contributed by atoms with van der Waals surface area (Å²) in [5.41, 5.74) is 6.87. The molecule has 1 aromatic heterocycles. The fourth-order valence-corrected chi connectivity index (χ4v) is 4.70. The van der Waals surface area contributed by atoms with Crippen molar-refractivity contribution in [2.75, 3.05) is 6.54 Å². The number of aromatic nitrogens is 1. The van der Waals surface area contributed by atoms with E-state index < -0.39 is 0 Å². The van der Waals surface area contributed by atoms with E-state index in [0.717, 1.165) is 17.5 Å². The molecule has 0 radical (unpaired) electrons. The number of hydrogen-bond donors (Lipinski definition) is 0. The van der Waals surface area contributed by atoms with Crippen molar-refractivity contribution >= 4 is 16.8 Å². The molecule has 0 spiro atoms. The first-order valence-corrected chi connectivity index (χ1v) is 10.1. The van der Waals surface area contributed by atoms with E-state index in [0.29, 0.717) is 6.54 Å². The summed E-state index contributed by atoms with van der Waals surface area (Å²) in [6.07, 6.45) is 0.848. The lowest BCUT2D eigenvalue weighted by atomic mass is 9.95. The highest BCUT2D eigenvalue weighted by atomic mass is 16.2. The number of para-hydroxylation sites is 1. The maximum Gasteiger partial charge on any atom is 0.255 e. The first kappa shape index (κ1) is 17.7. The van der Waals surface area contributed by atoms with Crippen molar-refractivity contribution in [2.45, 2.75) is 19.4 Å². The van der Waals surface area contributed by atoms with E-state index >= 15 is 0 Å². The summed E-state index contributed by atoms with van der Waals surface area (Å²) in [7, 11) is 2.11. The van der Waals surface area contributed by atoms with Gasteiger partial charge in [-0.25, -0.2) is 0 Å². The normalized spacial score (nSPS) is 15.9. The molecule has 144 valence electrons. The Hall–Kier alpha value is -3.33. The van der Waals surface area contributed by atoms with Gasteiger partial charge < -0.3 is 9.47 Å². The van der Waals surface area contributed by atoms with Gasteiger partial charge in [-0.15, -0.1) is 0 Å². The zero-order valence-corrected chi connectivity index (χ0v) is 16.8. The second-order valence-corrected chi connectivity index (χ2v) is 7.80. The molecular formula is C26H24N2O. The predicted octanol–water partition coefficient (Wildman–Crippen LogP) is 5.27. The maximum absolute atomic E-state index is 13.4. The van der Waals surface area contributed by atoms with Crippen molar-refractivity contribution in [1.29, 1.82) is 0 Å². The molecule has 0 fully saturated rings. The van der Waals surface area contributed by atoms with Crippen LogP contribution in [0.4, 0.5) is 0 Å². The number of benzene rings is 3. The Bertz CT molecular complexity index is 1210. The minimum atomic E-state index is -0.0477. The summed E-state index contributed by atoms with van der Waals surface area (Å²) in [6, 6.07) is 26.9. The van der Waals surface area contributed by atoms with E-state index in [4.69, 9.17) is 0 Å². The topological polar surface area (TPSA) is 25.2 Å². The van der Waals surface area contributed by atoms with Crippen molar-refractivity contribution < 1.29 is 4.79 Å². The van der Waals surface area contributed by atoms with E-state index in [1.807, 2.05) is 24.3 Å². The smallest absolute Gasteiger partial charge is 0.255 e. The number of amides is 1. The third kappa shape index (κ3) is 2.77. The van der Waals surface area contributed by atoms with Gasteiger partial charge in [-0.2, -0.15) is 0 Å². The second kappa shape index (κ2) is 6.93. The molecular weight excluding hydrogens is 356 g/mol. The Morgan fingerprint density at radius 1 is 0.862 bits per heavy atom. The van der Waals surface area contributed by atoms with Gasteiger partial charge in [0.25, 0.3) is 5.91 Å². The van der Waals surface area contributed by atoms with Gasteiger partial charge in [0.05, 0.1) is 6.04 Å². The molecule has 0 aliphatic carbocycles. The molecule has 0 unspecified atom stereocenters. The Labute approximate surface area is 171 Å². The van der Waals surface area contributed by atoms with Gasteiger partial charge in [-0.05, 0) is 36.6 Å². The summed E-state index contributed by atoms with van der Waals surface area (Å²) in [5, 5.41) is 1.23. The molecule has 0 bridgehead atoms. The Morgan fingerprint density at radius 2 is 1.55 bits per heavy atom. The average Bonchev–Trinajstić information content (AvgIpc) is 3.18. The van der Waals surface area contributed by atoms with Crippen molar-refractivity contribution in [3.8, 4) is 0 Å². The molecule has 3 heteroatoms. The van der Waals surface area contributed by atoms with Crippen LogP contribution in [-0.2, 0) is 13.5 Å². The molecule has 1 amide bonds. The lowest BCUT2D eigenvalue weighted by Crippen LogP contribution is -2.31. The SMILES string of the molecule is Cc1c([C@@H]2c3ccccc3C(=O)N2CCc2ccccc2)c2ccccc2n1C. The Kier molecular flexibility index (Phi) is 4.24. The Balaban J connectivity index is 1.64. The number of carbonyl (C=O) groups is 1. The second-order valence-electron chi connectivity index (χ2n) is 7.80. The molecule has 29 heavy (non-hydrogen) atoms. The van der Waals surface area contributed by atoms with Crippen LogP contribution in [-0.4, -0.2) is 21.9 Å². The lowest BCUT2D eigenvalue weighted by Gasteiger charge is -2.26. The molecule has 2 heterocycles. The van der Waals surface area contributed by atoms with E-state index in [9.17, 15) is 4.79 Å². The quantitative estimate of drug-likeness (QED) is 0.473. The van der Waals surface area contributed by atoms with E-state index in [1.54, 1.807) is 0 Å². The molecule has 0 saturated carbocycles. The van der Waals surface area contributed by atoms with Crippen LogP contribution in [0.25, 0.3) is 10.9 Å². The van der Waals surface area contributed by atoms with Gasteiger partial charge in [-0.1, -0.05) is 66.7 Å². The van der Waals surface area contributed by atoms with Gasteiger partial charge in [0.15, 0.2) is 0 Å². The molecule has 3 nitrogen and oxygen atoms in total. The molecule has 0 N–H and O–H groups in total. The number of fused-ring (bicyclic) bond motifs is 2. The Morgan fingerprint density at radius 3 is 2.38 bits per heavy atom. The minimum Gasteiger partial charge on any atom is -0.348 e. The molecule has 3 aromatic carbocycles. The monoisotopic (exact) mass is 380 g/mol. The van der Waals surface area contributed by atoms with Crippen LogP contribution in [0.15, 0.2) is 78.9 Å². The number of hydrogen-bond acceptors (Lipinski definition) is 1. The fraction of sp³-hybridized carbons (Fsp3) is 0.192. The molecule has 0 saturated heterocycles. The first-order valence-electron chi connectivity index (χ1n) is 10.1. The van der Waals surface area contributed by atoms with Crippen molar-refractivity contribution in [3.63, 3.8) is 0 Å². The molecule has 4 aromatic rings. The summed E-state index contributed by atoms with van der Waals surface area (Å²) in [4.78, 5) is 15.4. The van der Waals surface area contributed by atoms with Crippen LogP contribution in [0.1, 0.15) is 38.8 Å². The highest BCUT2D eigenvalue weighted by Gasteiger charge is 2.39. The number of rotatable bonds is 4. The summed E-state index contributed by atoms with van der Waals surface area (Å²) >= 11 is 0. The highest BCUT2D eigenvalue weighted by Crippen LogP contribution is 2.43. The van der Waals surface area contributed by atoms with Crippen LogP contribution in [0.3, 0.4) is 0 Å². The molecule has 1 atom stereocenters. The molecule has 5 rings (SSSR count). The summed E-state index contributed by atoms with van der Waals surface area (Å²) in [6.45, 7) is 2.86. The van der Waals surface area contributed by atoms with E-state index in [1.165, 1.54) is 27.7 Å². The zero-order valence-electron chi connectivity index (χ0n) is 16.8. The predicted molar refractivity (Wildman–Crippen MR) is 117 cm³/mol. The standard InChI is InChI=1S/C26H24N2O/c1-18-24(22-14-8-9-15-23(22)27(18)2)25-20-12-6-7-13-21(20)26(29)28(25)17-16-19-10-4-3-5-11-19/h3-15,25H,16-17H2,1-2H3/t25-/m0/s1. The molecule has 1 aliphatic rings. The first-order chi connectivity index (χ1) is 14.2. The van der Waals surface area contributed by atoms with Crippen molar-refractivity contribution in [2.24, 2.45) is 7.05 Å². The largest absolute Gasteiger partial charge is 0.348 e. The average molecular weight is 380 g/mol. The number of aryl methyl sites for hydroxylation is 1. The van der Waals surface area contributed by atoms with E-state index in [-0.39, 0.29) is 11.9 Å². The van der Waals surface area contributed by atoms with Crippen LogP contribution < -0.4 is 0 Å². The van der Waals surface area contributed by atoms with Crippen LogP contribution in [0.5, 0.6) is 0 Å². The number of carbonyl (C=O) groups excluding carboxylic acids is 1. The fourth-order valence-electron chi connectivity index (χ4n) is 4.70. The minimum absolute atomic E-state index is 0.0477. The third-order valence-electron chi connectivity index (χ3n) is 6.26. The highest BCUT2D eigenvalue weighted by molar-refractivity contribution is 6.01. The van der Waals surface area contributed by atoms with Gasteiger partial charge in [0, 0.05) is 41.3 Å². The molecule has 1 aliphatic heterocycles. The van der Waals surface area contributed by atoms with Gasteiger partial charge in [-0.3, -0.25) is 4.79 Å². The van der Waals surface area contributed by atoms with Gasteiger partial charge in [0.1, 0.15) is 0 Å². The van der Waals surface area contributed by atoms with Gasteiger partial charge in [0.2, 0.25) is 0 Å². The maximum atomic E-state index is 13.4. The third-order valence-corrected chi connectivity index (χ3v) is 6.26. The van der Waals surface area contributed by atoms with Gasteiger partial charge >= 0.3 is 0 Å². The van der Waals surface area contributed by atoms with Crippen LogP contribution >= 0.6 is 0 Å². The number of nitrogens with zero attached hydrogens (tertiary/aromatic N) is 2. The summed E-state index contributed by atoms with van der Waals surface area (Å²) < 4.78 is 2.24. The van der Waals surface area contributed by atoms with Crippen molar-refractivity contribution in [1.82, 2.24) is 9.47 Å². The lowest BCUT2D eigenvalue weighted by molar-refractivity contribution is 0.0752. The zero-order chi connectivity index (χ0) is 20.0. The van der Waals surface area contributed by atoms with E-state index in [2.05, 4.69) is 78.0 Å². The van der Waals surface area contributed by atoms with Crippen LogP contribution in [0.2, 0.25) is 0 Å². The van der Waals surface area contributed by atoms with Crippen LogP contribution in [0, 0.1) is 6.92 Å². The summed E-state index contributed by atoms with van der Waals surface area (Å²) in [5.74, 6) is 0.133.